The number of carboxylic acid groups (broad SMARTS) is 1. The lowest BCUT2D eigenvalue weighted by atomic mass is 10.2. The van der Waals surface area contributed by atoms with Crippen LogP contribution in [0.2, 0.25) is 0 Å². The molecule has 0 amide bonds. The fraction of sp³-hybridized carbons (Fsp3) is 0.364. The average Bonchev–Trinajstić information content (AvgIpc) is 2.31. The van der Waals surface area contributed by atoms with Gasteiger partial charge in [-0.05, 0) is 12.1 Å². The summed E-state index contributed by atoms with van der Waals surface area (Å²) in [5.41, 5.74) is 0.175. The van der Waals surface area contributed by atoms with Gasteiger partial charge in [0.1, 0.15) is 5.56 Å². The highest BCUT2D eigenvalue weighted by molar-refractivity contribution is 5.90. The maximum absolute atomic E-state index is 10.9. The fourth-order valence-electron chi connectivity index (χ4n) is 1.50. The number of morpholine rings is 1. The van der Waals surface area contributed by atoms with Gasteiger partial charge in [-0.25, -0.2) is 4.79 Å². The van der Waals surface area contributed by atoms with E-state index in [-0.39, 0.29) is 5.56 Å². The van der Waals surface area contributed by atoms with Gasteiger partial charge in [0.2, 0.25) is 0 Å². The maximum atomic E-state index is 10.9. The number of rotatable bonds is 3. The lowest BCUT2D eigenvalue weighted by Gasteiger charge is -2.26. The summed E-state index contributed by atoms with van der Waals surface area (Å²) in [6.45, 7) is 2.51. The highest BCUT2D eigenvalue weighted by Crippen LogP contribution is 2.19. The molecule has 1 N–H and O–H groups in total. The summed E-state index contributed by atoms with van der Waals surface area (Å²) >= 11 is 0. The number of nitrogens with zero attached hydrogens (tertiary/aromatic N) is 1. The summed E-state index contributed by atoms with van der Waals surface area (Å²) in [7, 11) is 0. The summed E-state index contributed by atoms with van der Waals surface area (Å²) in [6, 6.07) is 6.61. The molecule has 0 aliphatic carbocycles. The van der Waals surface area contributed by atoms with Crippen molar-refractivity contribution in [1.29, 1.82) is 0 Å². The van der Waals surface area contributed by atoms with E-state index >= 15 is 0 Å². The second kappa shape index (κ2) is 4.96. The molecule has 1 aromatic rings. The van der Waals surface area contributed by atoms with Gasteiger partial charge in [0.25, 0.3) is 0 Å². The van der Waals surface area contributed by atoms with Gasteiger partial charge in [-0.2, -0.15) is 0 Å². The van der Waals surface area contributed by atoms with Crippen molar-refractivity contribution in [1.82, 2.24) is 5.06 Å². The van der Waals surface area contributed by atoms with E-state index < -0.39 is 5.97 Å². The summed E-state index contributed by atoms with van der Waals surface area (Å²) in [5.74, 6) is -0.610. The molecule has 5 heteroatoms. The molecule has 0 bridgehead atoms. The van der Waals surface area contributed by atoms with Crippen LogP contribution in [0.1, 0.15) is 10.4 Å². The van der Waals surface area contributed by atoms with Crippen LogP contribution in [0.4, 0.5) is 0 Å². The van der Waals surface area contributed by atoms with Crippen LogP contribution in [0.3, 0.4) is 0 Å². The number of hydrogen-bond acceptors (Lipinski definition) is 4. The molecule has 16 heavy (non-hydrogen) atoms. The van der Waals surface area contributed by atoms with Crippen molar-refractivity contribution in [2.45, 2.75) is 0 Å². The molecule has 1 aliphatic heterocycles. The van der Waals surface area contributed by atoms with Gasteiger partial charge in [0.15, 0.2) is 5.75 Å². The molecule has 1 fully saturated rings. The zero-order valence-corrected chi connectivity index (χ0v) is 8.76. The van der Waals surface area contributed by atoms with E-state index in [9.17, 15) is 4.79 Å². The van der Waals surface area contributed by atoms with E-state index in [0.29, 0.717) is 32.1 Å². The summed E-state index contributed by atoms with van der Waals surface area (Å²) in [4.78, 5) is 16.5. The zero-order valence-electron chi connectivity index (χ0n) is 8.76. The number of hydrogen-bond donors (Lipinski definition) is 1. The van der Waals surface area contributed by atoms with Gasteiger partial charge in [-0.1, -0.05) is 12.1 Å². The highest BCUT2D eigenvalue weighted by Gasteiger charge is 2.16. The molecule has 0 aromatic heterocycles. The second-order valence-corrected chi connectivity index (χ2v) is 3.43. The van der Waals surface area contributed by atoms with Crippen molar-refractivity contribution in [3.63, 3.8) is 0 Å². The van der Waals surface area contributed by atoms with Gasteiger partial charge in [-0.15, -0.1) is 5.06 Å². The lowest BCUT2D eigenvalue weighted by Crippen LogP contribution is -2.38. The predicted octanol–water partition coefficient (Wildman–Crippen LogP) is 1.01. The van der Waals surface area contributed by atoms with Crippen LogP contribution < -0.4 is 4.84 Å². The molecule has 86 valence electrons. The molecular formula is C11H13NO4. The Morgan fingerprint density at radius 3 is 2.69 bits per heavy atom. The molecular weight excluding hydrogens is 210 g/mol. The molecule has 1 heterocycles. The minimum atomic E-state index is -0.983. The van der Waals surface area contributed by atoms with Crippen LogP contribution in [0, 0.1) is 0 Å². The Morgan fingerprint density at radius 1 is 1.31 bits per heavy atom. The first-order valence-corrected chi connectivity index (χ1v) is 5.10. The molecule has 0 saturated carbocycles. The number of benzene rings is 1. The van der Waals surface area contributed by atoms with Crippen molar-refractivity contribution in [3.8, 4) is 5.75 Å². The fourth-order valence-corrected chi connectivity index (χ4v) is 1.50. The topological polar surface area (TPSA) is 59.0 Å². The smallest absolute Gasteiger partial charge is 0.339 e. The molecule has 1 saturated heterocycles. The van der Waals surface area contributed by atoms with Gasteiger partial charge >= 0.3 is 5.97 Å². The molecule has 5 nitrogen and oxygen atoms in total. The summed E-state index contributed by atoms with van der Waals surface area (Å²) < 4.78 is 5.18. The zero-order chi connectivity index (χ0) is 11.4. The minimum absolute atomic E-state index is 0.175. The van der Waals surface area contributed by atoms with Crippen LogP contribution in [-0.4, -0.2) is 42.4 Å². The van der Waals surface area contributed by atoms with Gasteiger partial charge in [0.05, 0.1) is 26.3 Å². The third-order valence-corrected chi connectivity index (χ3v) is 2.31. The van der Waals surface area contributed by atoms with Gasteiger partial charge < -0.3 is 14.7 Å². The number of aromatic carboxylic acids is 1. The molecule has 2 rings (SSSR count). The van der Waals surface area contributed by atoms with Crippen molar-refractivity contribution in [2.24, 2.45) is 0 Å². The SMILES string of the molecule is O=C(O)c1ccccc1ON1CCOCC1. The van der Waals surface area contributed by atoms with Crippen molar-refractivity contribution in [3.05, 3.63) is 29.8 Å². The monoisotopic (exact) mass is 223 g/mol. The minimum Gasteiger partial charge on any atom is -0.478 e. The predicted molar refractivity (Wildman–Crippen MR) is 56.4 cm³/mol. The second-order valence-electron chi connectivity index (χ2n) is 3.43. The largest absolute Gasteiger partial charge is 0.478 e. The number of carboxylic acids is 1. The molecule has 1 aliphatic rings. The highest BCUT2D eigenvalue weighted by atomic mass is 16.7. The number of para-hydroxylation sites is 1. The first-order chi connectivity index (χ1) is 7.77. The quantitative estimate of drug-likeness (QED) is 0.828. The van der Waals surface area contributed by atoms with Gasteiger partial charge in [-0.3, -0.25) is 0 Å². The van der Waals surface area contributed by atoms with Crippen molar-refractivity contribution in [2.75, 3.05) is 26.3 Å². The van der Waals surface area contributed by atoms with E-state index in [0.717, 1.165) is 0 Å². The average molecular weight is 223 g/mol. The van der Waals surface area contributed by atoms with E-state index in [2.05, 4.69) is 0 Å². The van der Waals surface area contributed by atoms with E-state index in [4.69, 9.17) is 14.7 Å². The molecule has 0 radical (unpaired) electrons. The Balaban J connectivity index is 2.10. The maximum Gasteiger partial charge on any atom is 0.339 e. The Kier molecular flexibility index (Phi) is 3.38. The van der Waals surface area contributed by atoms with Crippen LogP contribution in [-0.2, 0) is 4.74 Å². The Labute approximate surface area is 93.1 Å². The lowest BCUT2D eigenvalue weighted by molar-refractivity contribution is -0.118. The van der Waals surface area contributed by atoms with Crippen molar-refractivity contribution >= 4 is 5.97 Å². The molecule has 0 unspecified atom stereocenters. The number of hydroxylamine groups is 2. The number of ether oxygens (including phenoxy) is 1. The number of carbonyl (C=O) groups is 1. The van der Waals surface area contributed by atoms with Crippen LogP contribution in [0.15, 0.2) is 24.3 Å². The Bertz CT molecular complexity index is 374. The van der Waals surface area contributed by atoms with Crippen LogP contribution in [0.25, 0.3) is 0 Å². The Morgan fingerprint density at radius 2 is 2.00 bits per heavy atom. The van der Waals surface area contributed by atoms with Crippen molar-refractivity contribution < 1.29 is 19.5 Å². The standard InChI is InChI=1S/C11H13NO4/c13-11(14)9-3-1-2-4-10(9)16-12-5-7-15-8-6-12/h1-4H,5-8H2,(H,13,14). The normalized spacial score (nSPS) is 17.0. The molecule has 0 atom stereocenters. The first-order valence-electron chi connectivity index (χ1n) is 5.10. The van der Waals surface area contributed by atoms with E-state index in [1.165, 1.54) is 6.07 Å². The summed E-state index contributed by atoms with van der Waals surface area (Å²) in [5, 5.41) is 10.7. The van der Waals surface area contributed by atoms with Crippen LogP contribution >= 0.6 is 0 Å². The van der Waals surface area contributed by atoms with E-state index in [1.807, 2.05) is 0 Å². The Hall–Kier alpha value is -1.59. The van der Waals surface area contributed by atoms with Crippen LogP contribution in [0.5, 0.6) is 5.75 Å². The van der Waals surface area contributed by atoms with E-state index in [1.54, 1.807) is 23.3 Å². The van der Waals surface area contributed by atoms with Gasteiger partial charge in [0, 0.05) is 0 Å². The molecule has 0 spiro atoms. The third-order valence-electron chi connectivity index (χ3n) is 2.31. The summed E-state index contributed by atoms with van der Waals surface area (Å²) in [6.07, 6.45) is 0. The first kappa shape index (κ1) is 10.9. The third kappa shape index (κ3) is 2.50. The molecule has 1 aromatic carbocycles.